The number of piperazine rings is 1. The van der Waals surface area contributed by atoms with E-state index in [0.717, 1.165) is 0 Å². The molecule has 2 rings (SSSR count). The Kier molecular flexibility index (Phi) is 6.35. The molecule has 1 aliphatic rings. The van der Waals surface area contributed by atoms with Crippen molar-refractivity contribution < 1.29 is 18.4 Å². The van der Waals surface area contributed by atoms with Gasteiger partial charge in [-0.3, -0.25) is 14.5 Å². The largest absolute Gasteiger partial charge is 0.340 e. The number of carbonyl (C=O) groups is 2. The molecule has 1 aromatic carbocycles. The van der Waals surface area contributed by atoms with Crippen LogP contribution in [-0.2, 0) is 9.59 Å². The van der Waals surface area contributed by atoms with Crippen LogP contribution in [-0.4, -0.2) is 60.1 Å². The number of hydrogen-bond acceptors (Lipinski definition) is 4. The molecule has 1 saturated heterocycles. The molecule has 1 heterocycles. The minimum Gasteiger partial charge on any atom is -0.340 e. The maximum absolute atomic E-state index is 12.5. The normalized spacial score (nSPS) is 15.7. The van der Waals surface area contributed by atoms with Crippen LogP contribution in [0.2, 0.25) is 0 Å². The molecule has 1 aliphatic heterocycles. The number of nitrogens with one attached hydrogen (secondary N) is 1. The van der Waals surface area contributed by atoms with E-state index in [-0.39, 0.29) is 18.4 Å². The molecule has 0 saturated carbocycles. The molecule has 8 heteroatoms. The fraction of sp³-hybridized carbons (Fsp3) is 0.467. The summed E-state index contributed by atoms with van der Waals surface area (Å²) in [6.45, 7) is 4.15. The Bertz CT molecular complexity index is 563. The van der Waals surface area contributed by atoms with Crippen LogP contribution in [0, 0.1) is 0 Å². The molecule has 1 aromatic rings. The van der Waals surface area contributed by atoms with Crippen LogP contribution in [0.25, 0.3) is 0 Å². The van der Waals surface area contributed by atoms with Gasteiger partial charge >= 0.3 is 0 Å². The second-order valence-electron chi connectivity index (χ2n) is 5.21. The highest BCUT2D eigenvalue weighted by Crippen LogP contribution is 2.31. The Morgan fingerprint density at radius 3 is 2.48 bits per heavy atom. The van der Waals surface area contributed by atoms with E-state index in [2.05, 4.69) is 5.32 Å². The van der Waals surface area contributed by atoms with E-state index < -0.39 is 5.76 Å². The van der Waals surface area contributed by atoms with Crippen LogP contribution in [0.15, 0.2) is 29.2 Å². The monoisotopic (exact) mass is 343 g/mol. The van der Waals surface area contributed by atoms with Crippen LogP contribution in [0.5, 0.6) is 0 Å². The third-order valence-electron chi connectivity index (χ3n) is 3.56. The first-order chi connectivity index (χ1) is 11.0. The van der Waals surface area contributed by atoms with Gasteiger partial charge in [0, 0.05) is 38.0 Å². The zero-order chi connectivity index (χ0) is 16.8. The summed E-state index contributed by atoms with van der Waals surface area (Å²) in [5.74, 6) is -2.75. The number of halogens is 2. The topological polar surface area (TPSA) is 52.7 Å². The van der Waals surface area contributed by atoms with Gasteiger partial charge in [0.25, 0.3) is 5.76 Å². The highest BCUT2D eigenvalue weighted by atomic mass is 32.2. The predicted octanol–water partition coefficient (Wildman–Crippen LogP) is 2.10. The molecule has 0 radical (unpaired) electrons. The summed E-state index contributed by atoms with van der Waals surface area (Å²) in [4.78, 5) is 27.4. The van der Waals surface area contributed by atoms with Gasteiger partial charge < -0.3 is 10.2 Å². The van der Waals surface area contributed by atoms with Gasteiger partial charge in [-0.1, -0.05) is 23.9 Å². The number of rotatable bonds is 5. The SMILES string of the molecule is CC(=O)N1CCN(CC(=O)Nc2ccccc2SC(F)F)CC1. The van der Waals surface area contributed by atoms with Gasteiger partial charge in [-0.15, -0.1) is 0 Å². The van der Waals surface area contributed by atoms with Crippen molar-refractivity contribution in [3.05, 3.63) is 24.3 Å². The summed E-state index contributed by atoms with van der Waals surface area (Å²) in [6, 6.07) is 6.51. The summed E-state index contributed by atoms with van der Waals surface area (Å²) in [5, 5.41) is 2.68. The maximum Gasteiger partial charge on any atom is 0.288 e. The average molecular weight is 343 g/mol. The van der Waals surface area contributed by atoms with Crippen molar-refractivity contribution in [2.24, 2.45) is 0 Å². The summed E-state index contributed by atoms with van der Waals surface area (Å²) in [7, 11) is 0. The van der Waals surface area contributed by atoms with Crippen LogP contribution >= 0.6 is 11.8 Å². The van der Waals surface area contributed by atoms with Crippen molar-refractivity contribution in [1.82, 2.24) is 9.80 Å². The lowest BCUT2D eigenvalue weighted by Crippen LogP contribution is -2.49. The van der Waals surface area contributed by atoms with Gasteiger partial charge in [0.05, 0.1) is 12.2 Å². The van der Waals surface area contributed by atoms with Crippen LogP contribution < -0.4 is 5.32 Å². The molecule has 0 spiro atoms. The van der Waals surface area contributed by atoms with Crippen molar-refractivity contribution in [3.8, 4) is 0 Å². The van der Waals surface area contributed by atoms with Crippen molar-refractivity contribution in [2.45, 2.75) is 17.6 Å². The number of anilines is 1. The molecule has 1 N–H and O–H groups in total. The molecule has 5 nitrogen and oxygen atoms in total. The second kappa shape index (κ2) is 8.26. The molecule has 2 amide bonds. The van der Waals surface area contributed by atoms with Gasteiger partial charge in [-0.2, -0.15) is 8.78 Å². The molecule has 0 bridgehead atoms. The minimum absolute atomic E-state index is 0.0343. The Labute approximate surface area is 138 Å². The number of amides is 2. The number of nitrogens with zero attached hydrogens (tertiary/aromatic N) is 2. The first-order valence-electron chi connectivity index (χ1n) is 7.27. The van der Waals surface area contributed by atoms with Crippen molar-refractivity contribution >= 4 is 29.3 Å². The highest BCUT2D eigenvalue weighted by Gasteiger charge is 2.20. The Morgan fingerprint density at radius 1 is 1.22 bits per heavy atom. The van der Waals surface area contributed by atoms with Gasteiger partial charge in [0.2, 0.25) is 11.8 Å². The molecule has 0 aliphatic carbocycles. The van der Waals surface area contributed by atoms with E-state index in [0.29, 0.717) is 48.5 Å². The summed E-state index contributed by atoms with van der Waals surface area (Å²) < 4.78 is 25.0. The van der Waals surface area contributed by atoms with Crippen molar-refractivity contribution in [1.29, 1.82) is 0 Å². The number of benzene rings is 1. The standard InChI is InChI=1S/C15H19F2N3O2S/c1-11(21)20-8-6-19(7-9-20)10-14(22)18-12-4-2-3-5-13(12)23-15(16)17/h2-5,15H,6-10H2,1H3,(H,18,22). The lowest BCUT2D eigenvalue weighted by molar-refractivity contribution is -0.130. The zero-order valence-corrected chi connectivity index (χ0v) is 13.6. The number of hydrogen-bond donors (Lipinski definition) is 1. The number of thioether (sulfide) groups is 1. The predicted molar refractivity (Wildman–Crippen MR) is 85.6 cm³/mol. The summed E-state index contributed by atoms with van der Waals surface area (Å²) in [5.41, 5.74) is 0.394. The van der Waals surface area contributed by atoms with Crippen LogP contribution in [0.4, 0.5) is 14.5 Å². The van der Waals surface area contributed by atoms with E-state index >= 15 is 0 Å². The van der Waals surface area contributed by atoms with Crippen LogP contribution in [0.1, 0.15) is 6.92 Å². The molecule has 126 valence electrons. The third kappa shape index (κ3) is 5.47. The zero-order valence-electron chi connectivity index (χ0n) is 12.8. The Morgan fingerprint density at radius 2 is 1.87 bits per heavy atom. The quantitative estimate of drug-likeness (QED) is 0.832. The first-order valence-corrected chi connectivity index (χ1v) is 8.15. The van der Waals surface area contributed by atoms with Gasteiger partial charge in [0.1, 0.15) is 0 Å². The molecule has 0 atom stereocenters. The lowest BCUT2D eigenvalue weighted by Gasteiger charge is -2.33. The number of para-hydroxylation sites is 1. The number of alkyl halides is 2. The molecular weight excluding hydrogens is 324 g/mol. The molecule has 0 aromatic heterocycles. The Hall–Kier alpha value is -1.67. The van der Waals surface area contributed by atoms with Gasteiger partial charge in [-0.05, 0) is 12.1 Å². The van der Waals surface area contributed by atoms with E-state index in [1.54, 1.807) is 29.2 Å². The average Bonchev–Trinajstić information content (AvgIpc) is 2.49. The van der Waals surface area contributed by atoms with E-state index in [9.17, 15) is 18.4 Å². The molecule has 1 fully saturated rings. The third-order valence-corrected chi connectivity index (χ3v) is 4.35. The van der Waals surface area contributed by atoms with Gasteiger partial charge in [-0.25, -0.2) is 0 Å². The second-order valence-corrected chi connectivity index (χ2v) is 6.24. The van der Waals surface area contributed by atoms with Crippen molar-refractivity contribution in [3.63, 3.8) is 0 Å². The first kappa shape index (κ1) is 17.7. The van der Waals surface area contributed by atoms with E-state index in [4.69, 9.17) is 0 Å². The minimum atomic E-state index is -2.53. The summed E-state index contributed by atoms with van der Waals surface area (Å²) >= 11 is 0.411. The van der Waals surface area contributed by atoms with E-state index in [1.165, 1.54) is 6.92 Å². The fourth-order valence-electron chi connectivity index (χ4n) is 2.38. The Balaban J connectivity index is 1.87. The number of carbonyl (C=O) groups excluding carboxylic acids is 2. The smallest absolute Gasteiger partial charge is 0.288 e. The molecule has 0 unspecified atom stereocenters. The van der Waals surface area contributed by atoms with E-state index in [1.807, 2.05) is 4.90 Å². The summed E-state index contributed by atoms with van der Waals surface area (Å²) in [6.07, 6.45) is 0. The fourth-order valence-corrected chi connectivity index (χ4v) is 2.98. The molecule has 23 heavy (non-hydrogen) atoms. The highest BCUT2D eigenvalue weighted by molar-refractivity contribution is 7.99. The van der Waals surface area contributed by atoms with Crippen molar-refractivity contribution in [2.75, 3.05) is 38.0 Å². The maximum atomic E-state index is 12.5. The van der Waals surface area contributed by atoms with Gasteiger partial charge in [0.15, 0.2) is 0 Å². The van der Waals surface area contributed by atoms with Crippen LogP contribution in [0.3, 0.4) is 0 Å². The lowest BCUT2D eigenvalue weighted by atomic mass is 10.3. The molecular formula is C15H19F2N3O2S.